The Morgan fingerprint density at radius 2 is 2.04 bits per heavy atom. The van der Waals surface area contributed by atoms with Crippen molar-refractivity contribution in [2.24, 2.45) is 5.10 Å². The summed E-state index contributed by atoms with van der Waals surface area (Å²) >= 11 is 0. The second-order valence-corrected chi connectivity index (χ2v) is 5.39. The molecule has 10 heteroatoms. The quantitative estimate of drug-likeness (QED) is 0.477. The van der Waals surface area contributed by atoms with E-state index in [-0.39, 0.29) is 11.4 Å². The van der Waals surface area contributed by atoms with Crippen molar-refractivity contribution < 1.29 is 19.3 Å². The number of hydrazone groups is 1. The minimum absolute atomic E-state index is 0.0354. The van der Waals surface area contributed by atoms with E-state index in [1.165, 1.54) is 19.4 Å². The summed E-state index contributed by atoms with van der Waals surface area (Å²) in [5.41, 5.74) is 3.43. The normalized spacial score (nSPS) is 12.5. The average molecular weight is 358 g/mol. The van der Waals surface area contributed by atoms with Crippen LogP contribution >= 0.6 is 0 Å². The first-order valence-electron chi connectivity index (χ1n) is 7.55. The van der Waals surface area contributed by atoms with Gasteiger partial charge in [-0.15, -0.1) is 0 Å². The van der Waals surface area contributed by atoms with Crippen LogP contribution in [0.2, 0.25) is 0 Å². The number of methoxy groups -OCH3 is 1. The van der Waals surface area contributed by atoms with Gasteiger partial charge in [-0.2, -0.15) is 5.10 Å². The van der Waals surface area contributed by atoms with Crippen LogP contribution in [-0.4, -0.2) is 29.8 Å². The molecular formula is C16H14N4O6. The van der Waals surface area contributed by atoms with E-state index in [1.54, 1.807) is 6.07 Å². The minimum atomic E-state index is -0.714. The average Bonchev–Trinajstić information content (AvgIpc) is 3.08. The maximum atomic E-state index is 11.1. The molecular weight excluding hydrogens is 344 g/mol. The summed E-state index contributed by atoms with van der Waals surface area (Å²) in [6.07, 6.45) is 2.24. The van der Waals surface area contributed by atoms with E-state index in [0.29, 0.717) is 17.9 Å². The third kappa shape index (κ3) is 3.38. The van der Waals surface area contributed by atoms with Crippen LogP contribution in [0.4, 0.5) is 17.1 Å². The lowest BCUT2D eigenvalue weighted by Crippen LogP contribution is -1.99. The summed E-state index contributed by atoms with van der Waals surface area (Å²) < 4.78 is 10.8. The first-order valence-corrected chi connectivity index (χ1v) is 7.55. The molecule has 0 fully saturated rings. The van der Waals surface area contributed by atoms with Crippen molar-refractivity contribution in [1.82, 2.24) is 0 Å². The third-order valence-electron chi connectivity index (χ3n) is 3.82. The van der Waals surface area contributed by atoms with Crippen molar-refractivity contribution in [3.8, 4) is 11.5 Å². The minimum Gasteiger partial charge on any atom is -0.496 e. The standard InChI is InChI=1S/C16H14N4O6/c1-25-15-6-10-4-5-26-16(10)7-11(15)9-17-18-13-3-2-12(19(21)22)8-14(13)20(23)24/h2-3,6-9,18H,4-5H2,1H3/b17-9-. The summed E-state index contributed by atoms with van der Waals surface area (Å²) in [6, 6.07) is 6.90. The van der Waals surface area contributed by atoms with Crippen LogP contribution < -0.4 is 14.9 Å². The molecule has 2 aromatic rings. The number of nitrogens with one attached hydrogen (secondary N) is 1. The number of benzene rings is 2. The second-order valence-electron chi connectivity index (χ2n) is 5.39. The van der Waals surface area contributed by atoms with E-state index in [0.717, 1.165) is 29.9 Å². The summed E-state index contributed by atoms with van der Waals surface area (Å²) in [4.78, 5) is 20.5. The molecule has 0 amide bonds. The molecule has 0 atom stereocenters. The van der Waals surface area contributed by atoms with Gasteiger partial charge in [0.05, 0.1) is 35.8 Å². The van der Waals surface area contributed by atoms with Crippen LogP contribution in [0, 0.1) is 20.2 Å². The number of rotatable bonds is 6. The second kappa shape index (κ2) is 7.05. The first kappa shape index (κ1) is 17.1. The van der Waals surface area contributed by atoms with Gasteiger partial charge in [-0.05, 0) is 18.2 Å². The van der Waals surface area contributed by atoms with Crippen molar-refractivity contribution in [3.05, 3.63) is 61.7 Å². The van der Waals surface area contributed by atoms with Gasteiger partial charge in [0.2, 0.25) is 0 Å². The fraction of sp³-hybridized carbons (Fsp3) is 0.188. The molecule has 1 aliphatic heterocycles. The van der Waals surface area contributed by atoms with E-state index in [9.17, 15) is 20.2 Å². The SMILES string of the molecule is COc1cc2c(cc1/C=N\Nc1ccc([N+](=O)[O-])cc1[N+](=O)[O-])OCC2. The zero-order valence-corrected chi connectivity index (χ0v) is 13.7. The first-order chi connectivity index (χ1) is 12.5. The lowest BCUT2D eigenvalue weighted by Gasteiger charge is -2.07. The molecule has 3 rings (SSSR count). The summed E-state index contributed by atoms with van der Waals surface area (Å²) in [5.74, 6) is 1.34. The summed E-state index contributed by atoms with van der Waals surface area (Å²) in [7, 11) is 1.53. The molecule has 1 heterocycles. The summed E-state index contributed by atoms with van der Waals surface area (Å²) in [5, 5.41) is 25.8. The molecule has 26 heavy (non-hydrogen) atoms. The lowest BCUT2D eigenvalue weighted by atomic mass is 10.1. The van der Waals surface area contributed by atoms with E-state index in [4.69, 9.17) is 9.47 Å². The molecule has 0 aliphatic carbocycles. The molecule has 134 valence electrons. The highest BCUT2D eigenvalue weighted by atomic mass is 16.6. The van der Waals surface area contributed by atoms with Crippen molar-refractivity contribution in [2.45, 2.75) is 6.42 Å². The highest BCUT2D eigenvalue weighted by molar-refractivity contribution is 5.85. The molecule has 1 aliphatic rings. The fourth-order valence-electron chi connectivity index (χ4n) is 2.55. The summed E-state index contributed by atoms with van der Waals surface area (Å²) in [6.45, 7) is 0.603. The lowest BCUT2D eigenvalue weighted by molar-refractivity contribution is -0.393. The largest absolute Gasteiger partial charge is 0.496 e. The number of anilines is 1. The molecule has 0 aromatic heterocycles. The van der Waals surface area contributed by atoms with Gasteiger partial charge in [-0.3, -0.25) is 25.7 Å². The van der Waals surface area contributed by atoms with Crippen molar-refractivity contribution in [3.63, 3.8) is 0 Å². The van der Waals surface area contributed by atoms with Gasteiger partial charge in [0, 0.05) is 23.6 Å². The maximum Gasteiger partial charge on any atom is 0.301 e. The Balaban J connectivity index is 1.85. The Morgan fingerprint density at radius 1 is 1.23 bits per heavy atom. The molecule has 0 saturated carbocycles. The third-order valence-corrected chi connectivity index (χ3v) is 3.82. The van der Waals surface area contributed by atoms with Gasteiger partial charge in [-0.25, -0.2) is 0 Å². The smallest absolute Gasteiger partial charge is 0.301 e. The number of nitro groups is 2. The Bertz CT molecular complexity index is 912. The Labute approximate surface area is 147 Å². The van der Waals surface area contributed by atoms with Gasteiger partial charge in [0.15, 0.2) is 0 Å². The number of hydrogen-bond donors (Lipinski definition) is 1. The van der Waals surface area contributed by atoms with Gasteiger partial charge in [0.25, 0.3) is 5.69 Å². The number of ether oxygens (including phenoxy) is 2. The van der Waals surface area contributed by atoms with Crippen molar-refractivity contribution in [2.75, 3.05) is 19.1 Å². The Morgan fingerprint density at radius 3 is 2.73 bits per heavy atom. The Kier molecular flexibility index (Phi) is 4.65. The highest BCUT2D eigenvalue weighted by Gasteiger charge is 2.19. The number of nitro benzene ring substituents is 2. The topological polar surface area (TPSA) is 129 Å². The van der Waals surface area contributed by atoms with Crippen LogP contribution in [0.5, 0.6) is 11.5 Å². The van der Waals surface area contributed by atoms with Crippen LogP contribution in [-0.2, 0) is 6.42 Å². The van der Waals surface area contributed by atoms with Crippen molar-refractivity contribution >= 4 is 23.3 Å². The van der Waals surface area contributed by atoms with Crippen molar-refractivity contribution in [1.29, 1.82) is 0 Å². The predicted molar refractivity (Wildman–Crippen MR) is 93.2 cm³/mol. The van der Waals surface area contributed by atoms with Gasteiger partial charge in [0.1, 0.15) is 17.2 Å². The zero-order chi connectivity index (χ0) is 18.7. The predicted octanol–water partition coefficient (Wildman–Crippen LogP) is 2.89. The molecule has 10 nitrogen and oxygen atoms in total. The van der Waals surface area contributed by atoms with Gasteiger partial charge >= 0.3 is 5.69 Å². The van der Waals surface area contributed by atoms with Crippen LogP contribution in [0.1, 0.15) is 11.1 Å². The molecule has 2 aromatic carbocycles. The molecule has 1 N–H and O–H groups in total. The molecule has 0 bridgehead atoms. The van der Waals surface area contributed by atoms with E-state index >= 15 is 0 Å². The zero-order valence-electron chi connectivity index (χ0n) is 13.7. The number of nitrogens with zero attached hydrogens (tertiary/aromatic N) is 3. The van der Waals surface area contributed by atoms with E-state index in [2.05, 4.69) is 10.5 Å². The fourth-order valence-corrected chi connectivity index (χ4v) is 2.55. The highest BCUT2D eigenvalue weighted by Crippen LogP contribution is 2.32. The van der Waals surface area contributed by atoms with Crippen LogP contribution in [0.3, 0.4) is 0 Å². The monoisotopic (exact) mass is 358 g/mol. The van der Waals surface area contributed by atoms with Gasteiger partial charge < -0.3 is 9.47 Å². The van der Waals surface area contributed by atoms with E-state index in [1.807, 2.05) is 6.07 Å². The molecule has 0 saturated heterocycles. The molecule has 0 spiro atoms. The molecule has 0 radical (unpaired) electrons. The van der Waals surface area contributed by atoms with Crippen LogP contribution in [0.15, 0.2) is 35.4 Å². The number of hydrogen-bond acceptors (Lipinski definition) is 8. The number of non-ortho nitro benzene ring substituents is 1. The van der Waals surface area contributed by atoms with Crippen LogP contribution in [0.25, 0.3) is 0 Å². The molecule has 0 unspecified atom stereocenters. The van der Waals surface area contributed by atoms with Gasteiger partial charge in [-0.1, -0.05) is 0 Å². The Hall–Kier alpha value is -3.69. The maximum absolute atomic E-state index is 11.1. The van der Waals surface area contributed by atoms with E-state index < -0.39 is 15.5 Å². The number of fused-ring (bicyclic) bond motifs is 1.